The summed E-state index contributed by atoms with van der Waals surface area (Å²) >= 11 is 2.07. The third-order valence-electron chi connectivity index (χ3n) is 3.27. The molecule has 1 aromatic heterocycles. The van der Waals surface area contributed by atoms with Gasteiger partial charge in [0.2, 0.25) is 0 Å². The highest BCUT2D eigenvalue weighted by atomic mass is 32.2. The van der Waals surface area contributed by atoms with Crippen LogP contribution in [-0.2, 0) is 6.54 Å². The number of thioether (sulfide) groups is 1. The Labute approximate surface area is 121 Å². The molecule has 1 aromatic rings. The van der Waals surface area contributed by atoms with Crippen LogP contribution >= 0.6 is 11.8 Å². The van der Waals surface area contributed by atoms with Crippen LogP contribution in [0.1, 0.15) is 33.3 Å². The van der Waals surface area contributed by atoms with Crippen LogP contribution in [0, 0.1) is 0 Å². The molecule has 0 amide bonds. The lowest BCUT2D eigenvalue weighted by atomic mass is 10.1. The molecule has 0 aromatic carbocycles. The predicted molar refractivity (Wildman–Crippen MR) is 85.0 cm³/mol. The summed E-state index contributed by atoms with van der Waals surface area (Å²) in [5.41, 5.74) is 2.79. The maximum Gasteiger partial charge on any atom is 0.0443 e. The molecule has 0 bridgehead atoms. The molecule has 2 rings (SSSR count). The highest BCUT2D eigenvalue weighted by Gasteiger charge is 2.19. The van der Waals surface area contributed by atoms with Gasteiger partial charge in [0.1, 0.15) is 0 Å². The van der Waals surface area contributed by atoms with Crippen LogP contribution in [0.15, 0.2) is 18.5 Å². The number of aromatic nitrogens is 1. The zero-order valence-corrected chi connectivity index (χ0v) is 13.3. The van der Waals surface area contributed by atoms with Crippen molar-refractivity contribution in [3.63, 3.8) is 0 Å². The van der Waals surface area contributed by atoms with E-state index in [1.165, 1.54) is 17.0 Å². The van der Waals surface area contributed by atoms with Gasteiger partial charge in [0.05, 0.1) is 0 Å². The summed E-state index contributed by atoms with van der Waals surface area (Å²) in [6, 6.07) is 2.16. The molecular formula is C15H25N3S. The molecule has 1 atom stereocenters. The van der Waals surface area contributed by atoms with E-state index in [0.29, 0.717) is 5.25 Å². The maximum absolute atomic E-state index is 4.29. The summed E-state index contributed by atoms with van der Waals surface area (Å²) in [5, 5.41) is 4.27. The van der Waals surface area contributed by atoms with Crippen molar-refractivity contribution < 1.29 is 0 Å². The highest BCUT2D eigenvalue weighted by Crippen LogP contribution is 2.26. The molecule has 4 heteroatoms. The minimum atomic E-state index is 0.137. The average Bonchev–Trinajstić information content (AvgIpc) is 2.36. The van der Waals surface area contributed by atoms with Crippen molar-refractivity contribution in [1.29, 1.82) is 0 Å². The van der Waals surface area contributed by atoms with E-state index in [0.717, 1.165) is 19.6 Å². The van der Waals surface area contributed by atoms with Crippen LogP contribution < -0.4 is 10.2 Å². The van der Waals surface area contributed by atoms with Crippen LogP contribution in [0.2, 0.25) is 0 Å². The summed E-state index contributed by atoms with van der Waals surface area (Å²) in [7, 11) is 0. The fourth-order valence-electron chi connectivity index (χ4n) is 2.26. The third-order valence-corrected chi connectivity index (χ3v) is 4.41. The molecule has 0 spiro atoms. The van der Waals surface area contributed by atoms with Gasteiger partial charge in [-0.05, 0) is 26.8 Å². The fraction of sp³-hybridized carbons (Fsp3) is 0.667. The maximum atomic E-state index is 4.29. The Balaban J connectivity index is 2.11. The number of nitrogens with one attached hydrogen (secondary N) is 1. The van der Waals surface area contributed by atoms with Gasteiger partial charge in [0.25, 0.3) is 0 Å². The summed E-state index contributed by atoms with van der Waals surface area (Å²) in [4.78, 5) is 6.79. The fourth-order valence-corrected chi connectivity index (χ4v) is 3.28. The molecule has 1 unspecified atom stereocenters. The van der Waals surface area contributed by atoms with Gasteiger partial charge in [-0.3, -0.25) is 4.98 Å². The number of nitrogens with zero attached hydrogens (tertiary/aromatic N) is 2. The van der Waals surface area contributed by atoms with Crippen LogP contribution in [0.25, 0.3) is 0 Å². The lowest BCUT2D eigenvalue weighted by Gasteiger charge is -2.34. The summed E-state index contributed by atoms with van der Waals surface area (Å²) in [6.45, 7) is 12.1. The average molecular weight is 279 g/mol. The van der Waals surface area contributed by atoms with E-state index in [-0.39, 0.29) is 5.54 Å². The van der Waals surface area contributed by atoms with E-state index < -0.39 is 0 Å². The van der Waals surface area contributed by atoms with Crippen molar-refractivity contribution in [3.05, 3.63) is 24.0 Å². The van der Waals surface area contributed by atoms with Crippen molar-refractivity contribution in [2.75, 3.05) is 23.7 Å². The summed E-state index contributed by atoms with van der Waals surface area (Å²) in [5.74, 6) is 1.22. The second kappa shape index (κ2) is 6.14. The zero-order chi connectivity index (χ0) is 13.9. The Kier molecular flexibility index (Phi) is 4.74. The molecule has 1 aliphatic rings. The Morgan fingerprint density at radius 2 is 2.26 bits per heavy atom. The van der Waals surface area contributed by atoms with Crippen LogP contribution in [0.4, 0.5) is 5.69 Å². The Hall–Kier alpha value is -0.740. The van der Waals surface area contributed by atoms with Crippen LogP contribution in [0.5, 0.6) is 0 Å². The molecule has 0 saturated carbocycles. The van der Waals surface area contributed by atoms with E-state index in [4.69, 9.17) is 0 Å². The van der Waals surface area contributed by atoms with Gasteiger partial charge in [-0.15, -0.1) is 0 Å². The first-order valence-electron chi connectivity index (χ1n) is 7.00. The smallest absolute Gasteiger partial charge is 0.0443 e. The highest BCUT2D eigenvalue weighted by molar-refractivity contribution is 8.00. The number of hydrogen-bond donors (Lipinski definition) is 1. The second-order valence-electron chi connectivity index (χ2n) is 6.24. The first-order valence-corrected chi connectivity index (χ1v) is 8.05. The Bertz CT molecular complexity index is 414. The largest absolute Gasteiger partial charge is 0.369 e. The van der Waals surface area contributed by atoms with Gasteiger partial charge in [0.15, 0.2) is 0 Å². The minimum absolute atomic E-state index is 0.137. The Morgan fingerprint density at radius 1 is 1.47 bits per heavy atom. The van der Waals surface area contributed by atoms with Crippen LogP contribution in [0.3, 0.4) is 0 Å². The lowest BCUT2D eigenvalue weighted by Crippen LogP contribution is -2.39. The molecule has 1 aliphatic heterocycles. The molecule has 0 aliphatic carbocycles. The molecule has 3 nitrogen and oxygen atoms in total. The van der Waals surface area contributed by atoms with E-state index in [1.54, 1.807) is 0 Å². The van der Waals surface area contributed by atoms with E-state index >= 15 is 0 Å². The molecule has 1 fully saturated rings. The first kappa shape index (κ1) is 14.7. The van der Waals surface area contributed by atoms with E-state index in [1.807, 2.05) is 12.4 Å². The van der Waals surface area contributed by atoms with Gasteiger partial charge in [0, 0.05) is 59.8 Å². The molecule has 1 N–H and O–H groups in total. The van der Waals surface area contributed by atoms with Gasteiger partial charge >= 0.3 is 0 Å². The molecule has 106 valence electrons. The van der Waals surface area contributed by atoms with Crippen molar-refractivity contribution in [3.8, 4) is 0 Å². The first-order chi connectivity index (χ1) is 8.96. The standard InChI is InChI=1S/C15H25N3S/c1-12-11-18(7-8-19-12)14-5-6-16-9-13(14)10-17-15(2,3)4/h5-6,9,12,17H,7-8,10-11H2,1-4H3. The molecule has 2 heterocycles. The third kappa shape index (κ3) is 4.39. The van der Waals surface area contributed by atoms with Crippen molar-refractivity contribution in [1.82, 2.24) is 10.3 Å². The zero-order valence-electron chi connectivity index (χ0n) is 12.4. The number of pyridine rings is 1. The number of rotatable bonds is 3. The number of anilines is 1. The predicted octanol–water partition coefficient (Wildman–Crippen LogP) is 2.91. The van der Waals surface area contributed by atoms with Crippen molar-refractivity contribution >= 4 is 17.4 Å². The van der Waals surface area contributed by atoms with E-state index in [9.17, 15) is 0 Å². The molecule has 19 heavy (non-hydrogen) atoms. The topological polar surface area (TPSA) is 28.2 Å². The van der Waals surface area contributed by atoms with Crippen LogP contribution in [-0.4, -0.2) is 34.6 Å². The monoisotopic (exact) mass is 279 g/mol. The lowest BCUT2D eigenvalue weighted by molar-refractivity contribution is 0.424. The summed E-state index contributed by atoms with van der Waals surface area (Å²) in [6.07, 6.45) is 3.91. The molecule has 0 radical (unpaired) electrons. The SMILES string of the molecule is CC1CN(c2ccncc2CNC(C)(C)C)CCS1. The quantitative estimate of drug-likeness (QED) is 0.921. The second-order valence-corrected chi connectivity index (χ2v) is 7.78. The van der Waals surface area contributed by atoms with Gasteiger partial charge < -0.3 is 10.2 Å². The van der Waals surface area contributed by atoms with Crippen molar-refractivity contribution in [2.24, 2.45) is 0 Å². The Morgan fingerprint density at radius 3 is 2.95 bits per heavy atom. The van der Waals surface area contributed by atoms with Crippen molar-refractivity contribution in [2.45, 2.75) is 45.0 Å². The molecule has 1 saturated heterocycles. The molecular weight excluding hydrogens is 254 g/mol. The minimum Gasteiger partial charge on any atom is -0.369 e. The summed E-state index contributed by atoms with van der Waals surface area (Å²) < 4.78 is 0. The number of hydrogen-bond acceptors (Lipinski definition) is 4. The van der Waals surface area contributed by atoms with Gasteiger partial charge in [-0.25, -0.2) is 0 Å². The normalized spacial score (nSPS) is 20.6. The van der Waals surface area contributed by atoms with Gasteiger partial charge in [-0.1, -0.05) is 6.92 Å². The van der Waals surface area contributed by atoms with Gasteiger partial charge in [-0.2, -0.15) is 11.8 Å². The van der Waals surface area contributed by atoms with E-state index in [2.05, 4.69) is 60.7 Å².